The second kappa shape index (κ2) is 9.01. The van der Waals surface area contributed by atoms with E-state index >= 15 is 0 Å². The number of nitrogens with one attached hydrogen (secondary N) is 2. The van der Waals surface area contributed by atoms with Crippen molar-refractivity contribution in [1.29, 1.82) is 0 Å². The van der Waals surface area contributed by atoms with Crippen molar-refractivity contribution in [2.24, 2.45) is 0 Å². The Labute approximate surface area is 169 Å². The summed E-state index contributed by atoms with van der Waals surface area (Å²) in [6, 6.07) is 17.9. The lowest BCUT2D eigenvalue weighted by Gasteiger charge is -2.15. The van der Waals surface area contributed by atoms with Crippen molar-refractivity contribution in [2.45, 2.75) is 26.9 Å². The molecule has 0 bridgehead atoms. The number of carbonyl (C=O) groups excluding carboxylic acids is 2. The van der Waals surface area contributed by atoms with Gasteiger partial charge in [-0.3, -0.25) is 9.59 Å². The topological polar surface area (TPSA) is 80.3 Å². The second-order valence-electron chi connectivity index (χ2n) is 6.81. The number of anilines is 3. The number of pyridine rings is 1. The van der Waals surface area contributed by atoms with Crippen molar-refractivity contribution in [3.63, 3.8) is 0 Å². The van der Waals surface area contributed by atoms with E-state index in [4.69, 9.17) is 4.74 Å². The average Bonchev–Trinajstić information content (AvgIpc) is 2.70. The van der Waals surface area contributed by atoms with Crippen molar-refractivity contribution in [1.82, 2.24) is 4.98 Å². The normalized spacial score (nSPS) is 10.5. The molecule has 148 valence electrons. The molecule has 29 heavy (non-hydrogen) atoms. The first-order valence-electron chi connectivity index (χ1n) is 9.33. The van der Waals surface area contributed by atoms with Gasteiger partial charge in [-0.05, 0) is 57.2 Å². The monoisotopic (exact) mass is 389 g/mol. The minimum Gasteiger partial charge on any atom is -0.489 e. The van der Waals surface area contributed by atoms with Gasteiger partial charge >= 0.3 is 0 Å². The highest BCUT2D eigenvalue weighted by Crippen LogP contribution is 2.28. The number of aromatic nitrogens is 1. The Morgan fingerprint density at radius 1 is 0.966 bits per heavy atom. The van der Waals surface area contributed by atoms with Gasteiger partial charge in [-0.15, -0.1) is 0 Å². The van der Waals surface area contributed by atoms with Gasteiger partial charge in [0.25, 0.3) is 5.91 Å². The molecule has 1 heterocycles. The molecule has 1 aromatic heterocycles. The molecular formula is C23H23N3O3. The van der Waals surface area contributed by atoms with Crippen LogP contribution in [0.5, 0.6) is 5.75 Å². The fourth-order valence-electron chi connectivity index (χ4n) is 2.70. The quantitative estimate of drug-likeness (QED) is 0.552. The number of para-hydroxylation sites is 2. The van der Waals surface area contributed by atoms with Crippen molar-refractivity contribution < 1.29 is 14.3 Å². The van der Waals surface area contributed by atoms with Crippen LogP contribution in [0.2, 0.25) is 0 Å². The van der Waals surface area contributed by atoms with Crippen LogP contribution in [0, 0.1) is 0 Å². The predicted octanol–water partition coefficient (Wildman–Crippen LogP) is 5.07. The summed E-state index contributed by atoms with van der Waals surface area (Å²) < 4.78 is 5.80. The molecule has 0 unspecified atom stereocenters. The molecule has 3 rings (SSSR count). The first-order chi connectivity index (χ1) is 13.9. The summed E-state index contributed by atoms with van der Waals surface area (Å²) in [5, 5.41) is 6.02. The highest BCUT2D eigenvalue weighted by molar-refractivity contribution is 6.04. The van der Waals surface area contributed by atoms with Crippen LogP contribution in [0.4, 0.5) is 17.1 Å². The molecule has 6 nitrogen and oxygen atoms in total. The fourth-order valence-corrected chi connectivity index (χ4v) is 2.70. The van der Waals surface area contributed by atoms with Gasteiger partial charge in [0.2, 0.25) is 0 Å². The molecule has 0 saturated heterocycles. The first-order valence-corrected chi connectivity index (χ1v) is 9.33. The first kappa shape index (κ1) is 20.1. The summed E-state index contributed by atoms with van der Waals surface area (Å²) >= 11 is 0. The third-order valence-corrected chi connectivity index (χ3v) is 4.05. The summed E-state index contributed by atoms with van der Waals surface area (Å²) in [6.07, 6.45) is 1.65. The zero-order chi connectivity index (χ0) is 20.8. The number of hydrogen-bond donors (Lipinski definition) is 2. The molecule has 3 aromatic rings. The van der Waals surface area contributed by atoms with E-state index < -0.39 is 0 Å². The SMILES string of the molecule is CC(=O)c1cccc(NC(=O)c2ccc(Nc3ccccc3OC(C)C)cn2)c1. The number of amides is 1. The number of carbonyl (C=O) groups is 2. The number of ketones is 1. The predicted molar refractivity (Wildman–Crippen MR) is 114 cm³/mol. The van der Waals surface area contributed by atoms with Crippen LogP contribution in [0.3, 0.4) is 0 Å². The number of rotatable bonds is 7. The fraction of sp³-hybridized carbons (Fsp3) is 0.174. The summed E-state index contributed by atoms with van der Waals surface area (Å²) in [7, 11) is 0. The van der Waals surface area contributed by atoms with Gasteiger partial charge in [-0.2, -0.15) is 0 Å². The van der Waals surface area contributed by atoms with Gasteiger partial charge in [0.05, 0.1) is 23.7 Å². The molecule has 6 heteroatoms. The standard InChI is InChI=1S/C23H23N3O3/c1-15(2)29-22-10-5-4-9-20(22)25-19-11-12-21(24-14-19)23(28)26-18-8-6-7-17(13-18)16(3)27/h4-15,25H,1-3H3,(H,26,28). The van der Waals surface area contributed by atoms with Gasteiger partial charge in [0, 0.05) is 11.3 Å². The molecule has 1 amide bonds. The summed E-state index contributed by atoms with van der Waals surface area (Å²) in [6.45, 7) is 5.42. The second-order valence-corrected chi connectivity index (χ2v) is 6.81. The third kappa shape index (κ3) is 5.42. The highest BCUT2D eigenvalue weighted by Gasteiger charge is 2.10. The lowest BCUT2D eigenvalue weighted by atomic mass is 10.1. The van der Waals surface area contributed by atoms with Crippen molar-refractivity contribution in [2.75, 3.05) is 10.6 Å². The lowest BCUT2D eigenvalue weighted by molar-refractivity contribution is 0.100. The molecule has 0 radical (unpaired) electrons. The van der Waals surface area contributed by atoms with Crippen molar-refractivity contribution >= 4 is 28.8 Å². The molecule has 2 N–H and O–H groups in total. The Bertz CT molecular complexity index is 1010. The molecule has 0 fully saturated rings. The lowest BCUT2D eigenvalue weighted by Crippen LogP contribution is -2.14. The maximum atomic E-state index is 12.4. The average molecular weight is 389 g/mol. The molecule has 0 spiro atoms. The van der Waals surface area contributed by atoms with Crippen LogP contribution in [0.25, 0.3) is 0 Å². The van der Waals surface area contributed by atoms with Crippen molar-refractivity contribution in [3.8, 4) is 5.75 Å². The van der Waals surface area contributed by atoms with Crippen LogP contribution in [0.15, 0.2) is 66.9 Å². The van der Waals surface area contributed by atoms with E-state index in [9.17, 15) is 9.59 Å². The molecule has 0 aliphatic carbocycles. The van der Waals surface area contributed by atoms with E-state index in [1.54, 1.807) is 42.6 Å². The van der Waals surface area contributed by atoms with Gasteiger partial charge in [-0.1, -0.05) is 24.3 Å². The van der Waals surface area contributed by atoms with Gasteiger partial charge in [0.1, 0.15) is 11.4 Å². The maximum absolute atomic E-state index is 12.4. The van der Waals surface area contributed by atoms with Crippen LogP contribution in [-0.2, 0) is 0 Å². The van der Waals surface area contributed by atoms with Crippen LogP contribution in [0.1, 0.15) is 41.6 Å². The maximum Gasteiger partial charge on any atom is 0.274 e. The number of benzene rings is 2. The van der Waals surface area contributed by atoms with E-state index in [1.165, 1.54) is 6.92 Å². The summed E-state index contributed by atoms with van der Waals surface area (Å²) in [4.78, 5) is 28.2. The minimum absolute atomic E-state index is 0.0589. The van der Waals surface area contributed by atoms with Gasteiger partial charge in [-0.25, -0.2) is 4.98 Å². The highest BCUT2D eigenvalue weighted by atomic mass is 16.5. The third-order valence-electron chi connectivity index (χ3n) is 4.05. The van der Waals surface area contributed by atoms with Gasteiger partial charge < -0.3 is 15.4 Å². The van der Waals surface area contributed by atoms with Gasteiger partial charge in [0.15, 0.2) is 5.78 Å². The van der Waals surface area contributed by atoms with E-state index in [2.05, 4.69) is 15.6 Å². The van der Waals surface area contributed by atoms with Crippen LogP contribution in [-0.4, -0.2) is 22.8 Å². The zero-order valence-corrected chi connectivity index (χ0v) is 16.6. The van der Waals surface area contributed by atoms with E-state index in [1.807, 2.05) is 38.1 Å². The molecular weight excluding hydrogens is 366 g/mol. The van der Waals surface area contributed by atoms with E-state index in [0.29, 0.717) is 11.3 Å². The minimum atomic E-state index is -0.346. The Hall–Kier alpha value is -3.67. The largest absolute Gasteiger partial charge is 0.489 e. The molecule has 2 aromatic carbocycles. The molecule has 0 saturated carbocycles. The Kier molecular flexibility index (Phi) is 6.24. The van der Waals surface area contributed by atoms with E-state index in [0.717, 1.165) is 17.1 Å². The number of Topliss-reactive ketones (excluding diaryl/α,β-unsaturated/α-hetero) is 1. The smallest absolute Gasteiger partial charge is 0.274 e. The Balaban J connectivity index is 1.70. The molecule has 0 atom stereocenters. The molecule has 0 aliphatic rings. The Morgan fingerprint density at radius 2 is 1.76 bits per heavy atom. The molecule has 0 aliphatic heterocycles. The summed E-state index contributed by atoms with van der Waals surface area (Å²) in [5.41, 5.74) is 2.92. The summed E-state index contributed by atoms with van der Waals surface area (Å²) in [5.74, 6) is 0.340. The van der Waals surface area contributed by atoms with Crippen molar-refractivity contribution in [3.05, 3.63) is 78.1 Å². The Morgan fingerprint density at radius 3 is 2.45 bits per heavy atom. The number of ether oxygens (including phenoxy) is 1. The number of hydrogen-bond acceptors (Lipinski definition) is 5. The van der Waals surface area contributed by atoms with Crippen LogP contribution < -0.4 is 15.4 Å². The van der Waals surface area contributed by atoms with Crippen LogP contribution >= 0.6 is 0 Å². The van der Waals surface area contributed by atoms with E-state index in [-0.39, 0.29) is 23.5 Å². The number of nitrogens with zero attached hydrogens (tertiary/aromatic N) is 1. The zero-order valence-electron chi connectivity index (χ0n) is 16.6.